The van der Waals surface area contributed by atoms with E-state index in [0.717, 1.165) is 11.7 Å². The topological polar surface area (TPSA) is 28.2 Å². The van der Waals surface area contributed by atoms with Crippen LogP contribution in [0.1, 0.15) is 31.6 Å². The van der Waals surface area contributed by atoms with Crippen molar-refractivity contribution in [3.05, 3.63) is 11.1 Å². The van der Waals surface area contributed by atoms with Gasteiger partial charge in [-0.15, -0.1) is 23.7 Å². The van der Waals surface area contributed by atoms with Crippen molar-refractivity contribution in [2.24, 2.45) is 0 Å². The van der Waals surface area contributed by atoms with Gasteiger partial charge in [-0.05, 0) is 13.3 Å². The third-order valence-corrected chi connectivity index (χ3v) is 3.44. The highest BCUT2D eigenvalue weighted by molar-refractivity contribution is 7.15. The monoisotopic (exact) mass is 263 g/mol. The fourth-order valence-corrected chi connectivity index (χ4v) is 2.18. The molecule has 1 atom stereocenters. The Balaban J connectivity index is 0.00000225. The quantitative estimate of drug-likeness (QED) is 0.856. The maximum atomic E-state index is 4.34. The molecule has 94 valence electrons. The van der Waals surface area contributed by atoms with Crippen molar-refractivity contribution in [3.63, 3.8) is 0 Å². The molecule has 1 aromatic rings. The van der Waals surface area contributed by atoms with Gasteiger partial charge in [0, 0.05) is 37.8 Å². The lowest BCUT2D eigenvalue weighted by Crippen LogP contribution is -2.24. The molecule has 0 aliphatic heterocycles. The molecule has 0 amide bonds. The van der Waals surface area contributed by atoms with Crippen LogP contribution in [-0.4, -0.2) is 25.1 Å². The van der Waals surface area contributed by atoms with Crippen LogP contribution in [0.15, 0.2) is 6.20 Å². The van der Waals surface area contributed by atoms with Crippen LogP contribution in [0.25, 0.3) is 0 Å². The number of nitrogens with one attached hydrogen (secondary N) is 1. The minimum atomic E-state index is 0. The molecule has 1 N–H and O–H groups in total. The summed E-state index contributed by atoms with van der Waals surface area (Å²) < 4.78 is 0. The van der Waals surface area contributed by atoms with Crippen molar-refractivity contribution < 1.29 is 0 Å². The van der Waals surface area contributed by atoms with E-state index in [0.29, 0.717) is 6.04 Å². The third-order valence-electron chi connectivity index (χ3n) is 2.27. The Kier molecular flexibility index (Phi) is 7.72. The smallest absolute Gasteiger partial charge is 0.185 e. The Hall–Kier alpha value is -0.320. The molecule has 0 spiro atoms. The number of aromatic nitrogens is 1. The van der Waals surface area contributed by atoms with Gasteiger partial charge in [0.05, 0.1) is 0 Å². The number of thiazole rings is 1. The molecule has 5 heteroatoms. The van der Waals surface area contributed by atoms with Gasteiger partial charge in [0.25, 0.3) is 0 Å². The molecule has 1 aromatic heterocycles. The highest BCUT2D eigenvalue weighted by atomic mass is 35.5. The van der Waals surface area contributed by atoms with Crippen molar-refractivity contribution in [2.45, 2.75) is 39.3 Å². The van der Waals surface area contributed by atoms with E-state index in [1.54, 1.807) is 11.3 Å². The van der Waals surface area contributed by atoms with Crippen LogP contribution in [0, 0.1) is 0 Å². The van der Waals surface area contributed by atoms with Gasteiger partial charge >= 0.3 is 0 Å². The number of anilines is 1. The summed E-state index contributed by atoms with van der Waals surface area (Å²) in [6.45, 7) is 5.39. The minimum Gasteiger partial charge on any atom is -0.354 e. The average Bonchev–Trinajstić information content (AvgIpc) is 2.63. The maximum Gasteiger partial charge on any atom is 0.185 e. The first kappa shape index (κ1) is 15.7. The largest absolute Gasteiger partial charge is 0.354 e. The zero-order valence-electron chi connectivity index (χ0n) is 10.5. The van der Waals surface area contributed by atoms with Crippen molar-refractivity contribution in [2.75, 3.05) is 19.0 Å². The lowest BCUT2D eigenvalue weighted by molar-refractivity contribution is 0.511. The van der Waals surface area contributed by atoms with E-state index in [-0.39, 0.29) is 12.4 Å². The van der Waals surface area contributed by atoms with Gasteiger partial charge in [-0.3, -0.25) is 0 Å². The average molecular weight is 264 g/mol. The molecule has 0 aliphatic carbocycles. The summed E-state index contributed by atoms with van der Waals surface area (Å²) in [7, 11) is 4.05. The Morgan fingerprint density at radius 1 is 1.50 bits per heavy atom. The van der Waals surface area contributed by atoms with Crippen LogP contribution >= 0.6 is 23.7 Å². The van der Waals surface area contributed by atoms with Crippen LogP contribution < -0.4 is 10.2 Å². The lowest BCUT2D eigenvalue weighted by atomic mass is 10.2. The van der Waals surface area contributed by atoms with E-state index in [1.165, 1.54) is 17.7 Å². The summed E-state index contributed by atoms with van der Waals surface area (Å²) in [5, 5.41) is 4.58. The number of hydrogen-bond donors (Lipinski definition) is 1. The second-order valence-corrected chi connectivity index (χ2v) is 5.17. The van der Waals surface area contributed by atoms with Crippen molar-refractivity contribution in [3.8, 4) is 0 Å². The predicted octanol–water partition coefficient (Wildman–Crippen LogP) is 2.91. The molecule has 0 saturated carbocycles. The summed E-state index contributed by atoms with van der Waals surface area (Å²) in [4.78, 5) is 7.70. The summed E-state index contributed by atoms with van der Waals surface area (Å²) in [5.41, 5.74) is 0. The highest BCUT2D eigenvalue weighted by Crippen LogP contribution is 2.20. The van der Waals surface area contributed by atoms with Gasteiger partial charge in [0.1, 0.15) is 0 Å². The molecule has 0 aliphatic rings. The molecule has 1 unspecified atom stereocenters. The fourth-order valence-electron chi connectivity index (χ4n) is 1.40. The van der Waals surface area contributed by atoms with Gasteiger partial charge in [0.2, 0.25) is 0 Å². The highest BCUT2D eigenvalue weighted by Gasteiger charge is 2.05. The summed E-state index contributed by atoms with van der Waals surface area (Å²) in [5.74, 6) is 0. The normalized spacial score (nSPS) is 12.0. The molecule has 0 saturated heterocycles. The van der Waals surface area contributed by atoms with Crippen molar-refractivity contribution in [1.29, 1.82) is 0 Å². The number of rotatable bonds is 6. The molecule has 0 radical (unpaired) electrons. The number of halogens is 1. The standard InChI is InChI=1S/C11H21N3S.ClH/c1-5-6-9(2)12-7-10-8-13-11(15-10)14(3)4;/h8-9,12H,5-7H2,1-4H3;1H. The van der Waals surface area contributed by atoms with E-state index in [2.05, 4.69) is 24.1 Å². The van der Waals surface area contributed by atoms with Gasteiger partial charge in [-0.25, -0.2) is 4.98 Å². The number of hydrogen-bond acceptors (Lipinski definition) is 4. The Labute approximate surface area is 109 Å². The van der Waals surface area contributed by atoms with Gasteiger partial charge in [-0.2, -0.15) is 0 Å². The number of nitrogens with zero attached hydrogens (tertiary/aromatic N) is 2. The molecule has 1 heterocycles. The third kappa shape index (κ3) is 5.14. The van der Waals surface area contributed by atoms with Crippen molar-refractivity contribution >= 4 is 28.9 Å². The molecular formula is C11H22ClN3S. The lowest BCUT2D eigenvalue weighted by Gasteiger charge is -2.11. The Morgan fingerprint density at radius 2 is 2.19 bits per heavy atom. The molecule has 0 aromatic carbocycles. The molecule has 0 bridgehead atoms. The molecule has 16 heavy (non-hydrogen) atoms. The second-order valence-electron chi connectivity index (χ2n) is 4.07. The summed E-state index contributed by atoms with van der Waals surface area (Å²) in [6, 6.07) is 0.597. The Morgan fingerprint density at radius 3 is 2.69 bits per heavy atom. The van der Waals surface area contributed by atoms with Crippen LogP contribution in [0.5, 0.6) is 0 Å². The first-order chi connectivity index (χ1) is 7.13. The molecular weight excluding hydrogens is 242 g/mol. The van der Waals surface area contributed by atoms with Gasteiger partial charge < -0.3 is 10.2 Å². The van der Waals surface area contributed by atoms with Crippen LogP contribution in [0.4, 0.5) is 5.13 Å². The maximum absolute atomic E-state index is 4.34. The van der Waals surface area contributed by atoms with E-state index in [1.807, 2.05) is 25.2 Å². The fraction of sp³-hybridized carbons (Fsp3) is 0.727. The Bertz CT molecular complexity index is 289. The minimum absolute atomic E-state index is 0. The van der Waals surface area contributed by atoms with Crippen LogP contribution in [0.2, 0.25) is 0 Å². The van der Waals surface area contributed by atoms with Crippen LogP contribution in [-0.2, 0) is 6.54 Å². The first-order valence-corrected chi connectivity index (χ1v) is 6.30. The van der Waals surface area contributed by atoms with E-state index in [9.17, 15) is 0 Å². The van der Waals surface area contributed by atoms with Gasteiger partial charge in [0.15, 0.2) is 5.13 Å². The summed E-state index contributed by atoms with van der Waals surface area (Å²) >= 11 is 1.75. The SMILES string of the molecule is CCCC(C)NCc1cnc(N(C)C)s1.Cl. The first-order valence-electron chi connectivity index (χ1n) is 5.49. The van der Waals surface area contributed by atoms with Crippen LogP contribution in [0.3, 0.4) is 0 Å². The summed E-state index contributed by atoms with van der Waals surface area (Å²) in [6.07, 6.45) is 4.44. The zero-order valence-corrected chi connectivity index (χ0v) is 12.1. The van der Waals surface area contributed by atoms with Crippen molar-refractivity contribution in [1.82, 2.24) is 10.3 Å². The van der Waals surface area contributed by atoms with E-state index in [4.69, 9.17) is 0 Å². The van der Waals surface area contributed by atoms with Gasteiger partial charge in [-0.1, -0.05) is 13.3 Å². The molecule has 0 fully saturated rings. The zero-order chi connectivity index (χ0) is 11.3. The molecule has 3 nitrogen and oxygen atoms in total. The van der Waals surface area contributed by atoms with E-state index < -0.39 is 0 Å². The molecule has 1 rings (SSSR count). The predicted molar refractivity (Wildman–Crippen MR) is 74.9 cm³/mol. The van der Waals surface area contributed by atoms with E-state index >= 15 is 0 Å². The second kappa shape index (κ2) is 7.87.